The number of methoxy groups -OCH3 is 1. The SMILES string of the molecule is CCC/C(=C\c1ccc(CO)o1)CC[C@H]1OB(O)C[C@H]2C1=C(COC)C[C@H]1C(=O)N(C)C(=O)[C@H]12. The molecule has 2 fully saturated rings. The van der Waals surface area contributed by atoms with Crippen LogP contribution in [0.4, 0.5) is 0 Å². The maximum absolute atomic E-state index is 13.0. The van der Waals surface area contributed by atoms with E-state index in [1.165, 1.54) is 10.5 Å². The van der Waals surface area contributed by atoms with Gasteiger partial charge in [-0.05, 0) is 67.3 Å². The van der Waals surface area contributed by atoms with Gasteiger partial charge in [-0.2, -0.15) is 0 Å². The second-order valence-corrected chi connectivity index (χ2v) is 9.54. The van der Waals surface area contributed by atoms with Crippen molar-refractivity contribution in [2.24, 2.45) is 17.8 Å². The zero-order valence-corrected chi connectivity index (χ0v) is 20.2. The molecular formula is C25H34BNO7. The minimum atomic E-state index is -0.981. The number of furan rings is 1. The van der Waals surface area contributed by atoms with Crippen molar-refractivity contribution in [3.8, 4) is 0 Å². The number of amides is 2. The van der Waals surface area contributed by atoms with E-state index < -0.39 is 19.0 Å². The van der Waals surface area contributed by atoms with Crippen LogP contribution in [-0.2, 0) is 25.6 Å². The molecule has 9 heteroatoms. The van der Waals surface area contributed by atoms with Gasteiger partial charge in [-0.25, -0.2) is 0 Å². The molecule has 1 aromatic rings. The molecular weight excluding hydrogens is 437 g/mol. The molecule has 0 spiro atoms. The fourth-order valence-corrected chi connectivity index (χ4v) is 5.89. The fourth-order valence-electron chi connectivity index (χ4n) is 5.89. The summed E-state index contributed by atoms with van der Waals surface area (Å²) in [7, 11) is 2.19. The van der Waals surface area contributed by atoms with E-state index in [1.807, 2.05) is 12.1 Å². The average molecular weight is 471 g/mol. The molecule has 34 heavy (non-hydrogen) atoms. The van der Waals surface area contributed by atoms with Crippen LogP contribution < -0.4 is 0 Å². The van der Waals surface area contributed by atoms with E-state index >= 15 is 0 Å². The molecule has 3 heterocycles. The van der Waals surface area contributed by atoms with Gasteiger partial charge in [0.1, 0.15) is 18.1 Å². The van der Waals surface area contributed by atoms with Crippen LogP contribution in [0, 0.1) is 17.8 Å². The smallest absolute Gasteiger partial charge is 0.455 e. The molecule has 0 saturated carbocycles. The maximum Gasteiger partial charge on any atom is 0.455 e. The van der Waals surface area contributed by atoms with Gasteiger partial charge in [0.15, 0.2) is 0 Å². The van der Waals surface area contributed by atoms with Crippen molar-refractivity contribution in [1.82, 2.24) is 4.90 Å². The highest BCUT2D eigenvalue weighted by Crippen LogP contribution is 2.50. The largest absolute Gasteiger partial charge is 0.459 e. The van der Waals surface area contributed by atoms with Gasteiger partial charge in [0.25, 0.3) is 0 Å². The molecule has 3 aliphatic rings. The maximum atomic E-state index is 13.0. The summed E-state index contributed by atoms with van der Waals surface area (Å²) in [5.74, 6) is -0.143. The number of allylic oxidation sites excluding steroid dienone is 1. The highest BCUT2D eigenvalue weighted by molar-refractivity contribution is 6.43. The summed E-state index contributed by atoms with van der Waals surface area (Å²) >= 11 is 0. The topological polar surface area (TPSA) is 109 Å². The number of imide groups is 1. The summed E-state index contributed by atoms with van der Waals surface area (Å²) in [4.78, 5) is 26.9. The normalized spacial score (nSPS) is 27.5. The summed E-state index contributed by atoms with van der Waals surface area (Å²) in [6.45, 7) is 2.36. The summed E-state index contributed by atoms with van der Waals surface area (Å²) < 4.78 is 17.1. The number of likely N-dealkylation sites (tertiary alicyclic amines) is 1. The van der Waals surface area contributed by atoms with Gasteiger partial charge in [-0.15, -0.1) is 0 Å². The lowest BCUT2D eigenvalue weighted by atomic mass is 9.58. The molecule has 184 valence electrons. The number of aliphatic hydroxyl groups is 1. The van der Waals surface area contributed by atoms with Crippen molar-refractivity contribution in [3.63, 3.8) is 0 Å². The molecule has 4 rings (SSSR count). The summed E-state index contributed by atoms with van der Waals surface area (Å²) in [5, 5.41) is 19.8. The van der Waals surface area contributed by atoms with Gasteiger partial charge in [-0.1, -0.05) is 18.9 Å². The number of rotatable bonds is 9. The first-order chi connectivity index (χ1) is 16.4. The van der Waals surface area contributed by atoms with Gasteiger partial charge in [0.05, 0.1) is 24.5 Å². The Kier molecular flexibility index (Phi) is 7.77. The number of fused-ring (bicyclic) bond motifs is 3. The van der Waals surface area contributed by atoms with Crippen LogP contribution in [0.25, 0.3) is 6.08 Å². The Hall–Kier alpha value is -2.20. The number of aliphatic hydroxyl groups excluding tert-OH is 1. The Morgan fingerprint density at radius 1 is 1.26 bits per heavy atom. The van der Waals surface area contributed by atoms with Gasteiger partial charge >= 0.3 is 7.12 Å². The van der Waals surface area contributed by atoms with Gasteiger partial charge < -0.3 is 23.9 Å². The van der Waals surface area contributed by atoms with Crippen molar-refractivity contribution in [2.75, 3.05) is 20.8 Å². The second-order valence-electron chi connectivity index (χ2n) is 9.54. The standard InChI is InChI=1S/C25H34BNO7/c1-4-5-15(10-17-7-8-18(13-28)33-17)6-9-21-22-16(14-32-3)11-19-23(20(22)12-26(31)34-21)25(30)27(2)24(19)29/h7-8,10,19-21,23,28,31H,4-6,9,11-14H2,1-3H3/b15-10+/t19-,20+,21-,23-/m1/s1. The summed E-state index contributed by atoms with van der Waals surface area (Å²) in [6, 6.07) is 3.61. The van der Waals surface area contributed by atoms with Crippen LogP contribution in [-0.4, -0.2) is 60.8 Å². The predicted molar refractivity (Wildman–Crippen MR) is 126 cm³/mol. The Morgan fingerprint density at radius 3 is 2.74 bits per heavy atom. The number of nitrogens with zero attached hydrogens (tertiary/aromatic N) is 1. The first kappa shape index (κ1) is 24.9. The van der Waals surface area contributed by atoms with Crippen molar-refractivity contribution in [1.29, 1.82) is 0 Å². The molecule has 0 aromatic carbocycles. The number of hydrogen-bond donors (Lipinski definition) is 2. The lowest BCUT2D eigenvalue weighted by Crippen LogP contribution is -2.46. The number of carbonyl (C=O) groups is 2. The third kappa shape index (κ3) is 4.80. The lowest BCUT2D eigenvalue weighted by molar-refractivity contribution is -0.138. The molecule has 4 atom stereocenters. The quantitative estimate of drug-likeness (QED) is 0.324. The molecule has 0 bridgehead atoms. The molecule has 8 nitrogen and oxygen atoms in total. The average Bonchev–Trinajstić information content (AvgIpc) is 3.36. The second kappa shape index (κ2) is 10.6. The van der Waals surface area contributed by atoms with Crippen LogP contribution in [0.1, 0.15) is 50.5 Å². The lowest BCUT2D eigenvalue weighted by Gasteiger charge is -2.43. The molecule has 2 amide bonds. The van der Waals surface area contributed by atoms with Gasteiger partial charge in [0, 0.05) is 14.2 Å². The zero-order chi connectivity index (χ0) is 24.4. The highest BCUT2D eigenvalue weighted by Gasteiger charge is 2.56. The minimum absolute atomic E-state index is 0.138. The summed E-state index contributed by atoms with van der Waals surface area (Å²) in [5.41, 5.74) is 3.24. The number of carbonyl (C=O) groups excluding carboxylic acids is 2. The van der Waals surface area contributed by atoms with Crippen molar-refractivity contribution < 1.29 is 33.5 Å². The molecule has 2 N–H and O–H groups in total. The number of ether oxygens (including phenoxy) is 1. The predicted octanol–water partition coefficient (Wildman–Crippen LogP) is 2.81. The van der Waals surface area contributed by atoms with Gasteiger partial charge in [0.2, 0.25) is 11.8 Å². The molecule has 0 unspecified atom stereocenters. The molecule has 2 aliphatic heterocycles. The van der Waals surface area contributed by atoms with E-state index in [0.717, 1.165) is 30.4 Å². The van der Waals surface area contributed by atoms with Crippen molar-refractivity contribution in [2.45, 2.75) is 58.1 Å². The van der Waals surface area contributed by atoms with Crippen LogP contribution in [0.5, 0.6) is 0 Å². The first-order valence-electron chi connectivity index (χ1n) is 12.1. The Balaban J connectivity index is 1.60. The molecule has 1 aliphatic carbocycles. The third-order valence-corrected chi connectivity index (χ3v) is 7.33. The van der Waals surface area contributed by atoms with Crippen molar-refractivity contribution >= 4 is 25.0 Å². The van der Waals surface area contributed by atoms with Crippen LogP contribution >= 0.6 is 0 Å². The molecule has 1 aromatic heterocycles. The molecule has 0 radical (unpaired) electrons. The Labute approximate surface area is 200 Å². The van der Waals surface area contributed by atoms with Gasteiger partial charge in [-0.3, -0.25) is 14.5 Å². The van der Waals surface area contributed by atoms with Crippen LogP contribution in [0.3, 0.4) is 0 Å². The van der Waals surface area contributed by atoms with Crippen LogP contribution in [0.2, 0.25) is 6.32 Å². The molecule has 2 saturated heterocycles. The minimum Gasteiger partial charge on any atom is -0.459 e. The summed E-state index contributed by atoms with van der Waals surface area (Å²) in [6.07, 6.45) is 5.70. The van der Waals surface area contributed by atoms with E-state index in [2.05, 4.69) is 6.92 Å². The van der Waals surface area contributed by atoms with E-state index in [-0.39, 0.29) is 30.4 Å². The Bertz CT molecular complexity index is 984. The van der Waals surface area contributed by atoms with Crippen LogP contribution in [0.15, 0.2) is 33.3 Å². The van der Waals surface area contributed by atoms with Crippen molar-refractivity contribution in [3.05, 3.63) is 40.4 Å². The van der Waals surface area contributed by atoms with E-state index in [0.29, 0.717) is 37.3 Å². The monoisotopic (exact) mass is 471 g/mol. The third-order valence-electron chi connectivity index (χ3n) is 7.33. The first-order valence-corrected chi connectivity index (χ1v) is 12.1. The van der Waals surface area contributed by atoms with E-state index in [4.69, 9.17) is 13.8 Å². The number of hydrogen-bond acceptors (Lipinski definition) is 7. The Morgan fingerprint density at radius 2 is 2.06 bits per heavy atom. The van der Waals surface area contributed by atoms with E-state index in [9.17, 15) is 19.7 Å². The van der Waals surface area contributed by atoms with E-state index in [1.54, 1.807) is 20.2 Å². The highest BCUT2D eigenvalue weighted by atomic mass is 16.5. The zero-order valence-electron chi connectivity index (χ0n) is 20.2. The fraction of sp³-hybridized carbons (Fsp3) is 0.600.